The molecule has 106 valence electrons. The number of amides is 2. The molecule has 0 saturated heterocycles. The molecule has 19 heavy (non-hydrogen) atoms. The Kier molecular flexibility index (Phi) is 5.73. The number of carboxylic acids is 1. The van der Waals surface area contributed by atoms with Gasteiger partial charge < -0.3 is 24.6 Å². The van der Waals surface area contributed by atoms with Crippen LogP contribution in [0.5, 0.6) is 0 Å². The molecule has 0 bridgehead atoms. The second kappa shape index (κ2) is 7.31. The highest BCUT2D eigenvalue weighted by Gasteiger charge is 2.16. The van der Waals surface area contributed by atoms with Crippen molar-refractivity contribution in [1.29, 1.82) is 0 Å². The number of carbonyl (C=O) groups excluding carboxylic acids is 1. The van der Waals surface area contributed by atoms with Gasteiger partial charge in [-0.25, -0.2) is 4.79 Å². The highest BCUT2D eigenvalue weighted by molar-refractivity contribution is 5.79. The smallest absolute Gasteiger partial charge is 0.323 e. The van der Waals surface area contributed by atoms with Crippen molar-refractivity contribution in [2.45, 2.75) is 6.54 Å². The molecule has 1 aromatic heterocycles. The molecular formula is C10H17N5O4. The van der Waals surface area contributed by atoms with Gasteiger partial charge in [0.15, 0.2) is 5.82 Å². The Hall–Kier alpha value is -2.16. The lowest BCUT2D eigenvalue weighted by atomic mass is 10.5. The SMILES string of the molecule is COCCN(CC(=O)O)C(=O)NCc1nncn1C. The lowest BCUT2D eigenvalue weighted by Gasteiger charge is -2.20. The van der Waals surface area contributed by atoms with Gasteiger partial charge in [0.1, 0.15) is 12.9 Å². The predicted molar refractivity (Wildman–Crippen MR) is 64.3 cm³/mol. The summed E-state index contributed by atoms with van der Waals surface area (Å²) in [5, 5.41) is 18.8. The number of carboxylic acid groups (broad SMARTS) is 1. The van der Waals surface area contributed by atoms with Crippen LogP contribution >= 0.6 is 0 Å². The molecule has 0 saturated carbocycles. The zero-order chi connectivity index (χ0) is 14.3. The third-order valence-corrected chi connectivity index (χ3v) is 2.38. The number of aromatic nitrogens is 3. The minimum Gasteiger partial charge on any atom is -0.480 e. The zero-order valence-corrected chi connectivity index (χ0v) is 10.9. The standard InChI is InChI=1S/C10H17N5O4/c1-14-7-12-13-8(14)5-11-10(18)15(3-4-19-2)6-9(16)17/h7H,3-6H2,1-2H3,(H,11,18)(H,16,17). The van der Waals surface area contributed by atoms with E-state index in [-0.39, 0.29) is 26.2 Å². The topological polar surface area (TPSA) is 110 Å². The average molecular weight is 271 g/mol. The molecular weight excluding hydrogens is 254 g/mol. The van der Waals surface area contributed by atoms with Gasteiger partial charge in [-0.2, -0.15) is 0 Å². The molecule has 0 aliphatic rings. The first-order valence-electron chi connectivity index (χ1n) is 5.61. The molecule has 0 fully saturated rings. The van der Waals surface area contributed by atoms with Crippen molar-refractivity contribution in [1.82, 2.24) is 25.0 Å². The van der Waals surface area contributed by atoms with Crippen LogP contribution < -0.4 is 5.32 Å². The fraction of sp³-hybridized carbons (Fsp3) is 0.600. The van der Waals surface area contributed by atoms with Gasteiger partial charge in [0.05, 0.1) is 13.2 Å². The maximum atomic E-state index is 11.8. The number of methoxy groups -OCH3 is 1. The number of hydrogen-bond donors (Lipinski definition) is 2. The summed E-state index contributed by atoms with van der Waals surface area (Å²) in [6, 6.07) is -0.484. The van der Waals surface area contributed by atoms with Crippen LogP contribution in [0.2, 0.25) is 0 Å². The van der Waals surface area contributed by atoms with Crippen molar-refractivity contribution in [3.63, 3.8) is 0 Å². The molecule has 0 spiro atoms. The van der Waals surface area contributed by atoms with Crippen molar-refractivity contribution in [2.24, 2.45) is 7.05 Å². The number of ether oxygens (including phenoxy) is 1. The normalized spacial score (nSPS) is 10.2. The molecule has 0 aliphatic carbocycles. The van der Waals surface area contributed by atoms with Crippen LogP contribution in [0, 0.1) is 0 Å². The van der Waals surface area contributed by atoms with Crippen LogP contribution in [0.1, 0.15) is 5.82 Å². The van der Waals surface area contributed by atoms with Crippen LogP contribution in [0.25, 0.3) is 0 Å². The summed E-state index contributed by atoms with van der Waals surface area (Å²) < 4.78 is 6.50. The number of aliphatic carboxylic acids is 1. The van der Waals surface area contributed by atoms with Gasteiger partial charge in [0.25, 0.3) is 0 Å². The van der Waals surface area contributed by atoms with E-state index in [9.17, 15) is 9.59 Å². The van der Waals surface area contributed by atoms with Crippen molar-refractivity contribution in [2.75, 3.05) is 26.8 Å². The quantitative estimate of drug-likeness (QED) is 0.662. The molecule has 0 aromatic carbocycles. The van der Waals surface area contributed by atoms with E-state index >= 15 is 0 Å². The van der Waals surface area contributed by atoms with Crippen molar-refractivity contribution in [3.8, 4) is 0 Å². The van der Waals surface area contributed by atoms with E-state index in [4.69, 9.17) is 9.84 Å². The Labute approximate surface area is 110 Å². The highest BCUT2D eigenvalue weighted by atomic mass is 16.5. The van der Waals surface area contributed by atoms with Crippen LogP contribution in [-0.2, 0) is 23.1 Å². The lowest BCUT2D eigenvalue weighted by Crippen LogP contribution is -2.44. The molecule has 2 N–H and O–H groups in total. The van der Waals surface area contributed by atoms with Gasteiger partial charge in [-0.15, -0.1) is 10.2 Å². The summed E-state index contributed by atoms with van der Waals surface area (Å²) in [4.78, 5) is 23.7. The number of urea groups is 1. The van der Waals surface area contributed by atoms with Crippen LogP contribution in [0.3, 0.4) is 0 Å². The van der Waals surface area contributed by atoms with Crippen molar-refractivity contribution >= 4 is 12.0 Å². The lowest BCUT2D eigenvalue weighted by molar-refractivity contribution is -0.137. The van der Waals surface area contributed by atoms with Gasteiger partial charge in [-0.05, 0) is 0 Å². The summed E-state index contributed by atoms with van der Waals surface area (Å²) in [7, 11) is 3.23. The molecule has 2 amide bonds. The summed E-state index contributed by atoms with van der Waals surface area (Å²) in [6.45, 7) is 0.268. The van der Waals surface area contributed by atoms with E-state index in [1.54, 1.807) is 11.6 Å². The van der Waals surface area contributed by atoms with Crippen molar-refractivity contribution < 1.29 is 19.4 Å². The van der Waals surface area contributed by atoms with Gasteiger partial charge in [-0.3, -0.25) is 4.79 Å². The number of carbonyl (C=O) groups is 2. The Morgan fingerprint density at radius 3 is 2.84 bits per heavy atom. The Bertz CT molecular complexity index is 433. The molecule has 0 unspecified atom stereocenters. The zero-order valence-electron chi connectivity index (χ0n) is 10.9. The number of nitrogens with zero attached hydrogens (tertiary/aromatic N) is 4. The molecule has 1 aromatic rings. The molecule has 9 nitrogen and oxygen atoms in total. The summed E-state index contributed by atoms with van der Waals surface area (Å²) in [5.74, 6) is -0.500. The minimum absolute atomic E-state index is 0.179. The van der Waals surface area contributed by atoms with E-state index in [1.807, 2.05) is 0 Å². The first kappa shape index (κ1) is 14.9. The molecule has 0 atom stereocenters. The Morgan fingerprint density at radius 1 is 1.58 bits per heavy atom. The predicted octanol–water partition coefficient (Wildman–Crippen LogP) is -0.942. The fourth-order valence-electron chi connectivity index (χ4n) is 1.35. The second-order valence-corrected chi connectivity index (χ2v) is 3.82. The number of nitrogens with one attached hydrogen (secondary N) is 1. The maximum absolute atomic E-state index is 11.8. The minimum atomic E-state index is -1.08. The first-order valence-corrected chi connectivity index (χ1v) is 5.61. The van der Waals surface area contributed by atoms with Crippen molar-refractivity contribution in [3.05, 3.63) is 12.2 Å². The van der Waals surface area contributed by atoms with Crippen LogP contribution in [0.15, 0.2) is 6.33 Å². The number of rotatable bonds is 7. The molecule has 9 heteroatoms. The van der Waals surface area contributed by atoms with Crippen LogP contribution in [0.4, 0.5) is 4.79 Å². The largest absolute Gasteiger partial charge is 0.480 e. The summed E-state index contributed by atoms with van der Waals surface area (Å²) in [6.07, 6.45) is 1.52. The van der Waals surface area contributed by atoms with Gasteiger partial charge in [0, 0.05) is 20.7 Å². The van der Waals surface area contributed by atoms with E-state index in [2.05, 4.69) is 15.5 Å². The van der Waals surface area contributed by atoms with E-state index in [0.717, 1.165) is 4.90 Å². The van der Waals surface area contributed by atoms with Gasteiger partial charge >= 0.3 is 12.0 Å². The number of hydrogen-bond acceptors (Lipinski definition) is 5. The van der Waals surface area contributed by atoms with Gasteiger partial charge in [0.2, 0.25) is 0 Å². The second-order valence-electron chi connectivity index (χ2n) is 3.82. The van der Waals surface area contributed by atoms with E-state index in [1.165, 1.54) is 13.4 Å². The summed E-state index contributed by atoms with van der Waals surface area (Å²) in [5.41, 5.74) is 0. The molecule has 1 heterocycles. The number of aryl methyl sites for hydroxylation is 1. The Balaban J connectivity index is 2.51. The van der Waals surface area contributed by atoms with E-state index in [0.29, 0.717) is 5.82 Å². The maximum Gasteiger partial charge on any atom is 0.323 e. The third kappa shape index (κ3) is 4.92. The van der Waals surface area contributed by atoms with Gasteiger partial charge in [-0.1, -0.05) is 0 Å². The average Bonchev–Trinajstić information content (AvgIpc) is 2.76. The van der Waals surface area contributed by atoms with Crippen LogP contribution in [-0.4, -0.2) is 63.6 Å². The fourth-order valence-corrected chi connectivity index (χ4v) is 1.35. The monoisotopic (exact) mass is 271 g/mol. The molecule has 0 radical (unpaired) electrons. The summed E-state index contributed by atoms with van der Waals surface area (Å²) >= 11 is 0. The molecule has 0 aliphatic heterocycles. The third-order valence-electron chi connectivity index (χ3n) is 2.38. The highest BCUT2D eigenvalue weighted by Crippen LogP contribution is 1.94. The first-order chi connectivity index (χ1) is 9.04. The Morgan fingerprint density at radius 2 is 2.32 bits per heavy atom. The van der Waals surface area contributed by atoms with E-state index < -0.39 is 12.0 Å². The molecule has 1 rings (SSSR count).